The third-order valence-corrected chi connectivity index (χ3v) is 3.36. The van der Waals surface area contributed by atoms with Gasteiger partial charge in [-0.2, -0.15) is 0 Å². The molecule has 24 heavy (non-hydrogen) atoms. The Labute approximate surface area is 147 Å². The lowest BCUT2D eigenvalue weighted by Gasteiger charge is -2.18. The van der Waals surface area contributed by atoms with E-state index in [1.807, 2.05) is 18.7 Å². The molecule has 0 bridgehead atoms. The summed E-state index contributed by atoms with van der Waals surface area (Å²) in [6, 6.07) is 8.57. The minimum absolute atomic E-state index is 0.0405. The number of amides is 1. The zero-order chi connectivity index (χ0) is 17.9. The number of hydrogen-bond acceptors (Lipinski definition) is 6. The molecule has 0 unspecified atom stereocenters. The van der Waals surface area contributed by atoms with Crippen molar-refractivity contribution in [1.82, 2.24) is 10.2 Å². The van der Waals surface area contributed by atoms with E-state index < -0.39 is 12.1 Å². The summed E-state index contributed by atoms with van der Waals surface area (Å²) < 4.78 is 10.1. The molecule has 1 N–H and O–H groups in total. The molecule has 0 aliphatic rings. The second-order valence-electron chi connectivity index (χ2n) is 4.64. The molecule has 0 atom stereocenters. The zero-order valence-corrected chi connectivity index (χ0v) is 14.9. The first-order valence-electron chi connectivity index (χ1n) is 7.72. The Morgan fingerprint density at radius 2 is 1.79 bits per heavy atom. The fourth-order valence-electron chi connectivity index (χ4n) is 1.78. The maximum absolute atomic E-state index is 12.1. The van der Waals surface area contributed by atoms with Crippen LogP contribution < -0.4 is 10.1 Å². The maximum atomic E-state index is 12.1. The van der Waals surface area contributed by atoms with Crippen LogP contribution in [0.25, 0.3) is 0 Å². The number of nitrogens with zero attached hydrogens (tertiary/aromatic N) is 1. The lowest BCUT2D eigenvalue weighted by atomic mass is 10.2. The van der Waals surface area contributed by atoms with Crippen LogP contribution in [-0.2, 0) is 9.53 Å². The van der Waals surface area contributed by atoms with Gasteiger partial charge < -0.3 is 14.4 Å². The molecule has 7 heteroatoms. The summed E-state index contributed by atoms with van der Waals surface area (Å²) >= 11 is 5.16. The predicted octanol–water partition coefficient (Wildman–Crippen LogP) is 2.89. The van der Waals surface area contributed by atoms with Gasteiger partial charge >= 0.3 is 12.1 Å². The molecule has 0 aliphatic carbocycles. The van der Waals surface area contributed by atoms with E-state index in [9.17, 15) is 9.59 Å². The maximum Gasteiger partial charge on any atom is 0.417 e. The largest absolute Gasteiger partial charge is 0.462 e. The molecule has 0 spiro atoms. The molecular weight excluding hydrogens is 328 g/mol. The van der Waals surface area contributed by atoms with Gasteiger partial charge in [-0.3, -0.25) is 5.32 Å². The van der Waals surface area contributed by atoms with Gasteiger partial charge in [0.2, 0.25) is 0 Å². The predicted molar refractivity (Wildman–Crippen MR) is 95.8 cm³/mol. The lowest BCUT2D eigenvalue weighted by molar-refractivity contribution is -0.137. The number of rotatable bonds is 7. The molecule has 0 aromatic heterocycles. The molecule has 130 valence electrons. The van der Waals surface area contributed by atoms with Gasteiger partial charge in [0, 0.05) is 19.3 Å². The molecule has 0 aliphatic heterocycles. The highest BCUT2D eigenvalue weighted by molar-refractivity contribution is 7.80. The van der Waals surface area contributed by atoms with Crippen LogP contribution in [0.2, 0.25) is 0 Å². The van der Waals surface area contributed by atoms with Gasteiger partial charge in [0.05, 0.1) is 6.61 Å². The van der Waals surface area contributed by atoms with Gasteiger partial charge in [-0.05, 0) is 32.9 Å². The Hall–Kier alpha value is -2.41. The summed E-state index contributed by atoms with van der Waals surface area (Å²) in [4.78, 5) is 25.9. The van der Waals surface area contributed by atoms with Crippen molar-refractivity contribution in [1.29, 1.82) is 0 Å². The van der Waals surface area contributed by atoms with E-state index in [1.54, 1.807) is 43.5 Å². The summed E-state index contributed by atoms with van der Waals surface area (Å²) in [5, 5.41) is 2.40. The average Bonchev–Trinajstić information content (AvgIpc) is 2.56. The monoisotopic (exact) mass is 350 g/mol. The van der Waals surface area contributed by atoms with Crippen molar-refractivity contribution in [3.05, 3.63) is 42.1 Å². The Morgan fingerprint density at radius 1 is 1.17 bits per heavy atom. The Balaban J connectivity index is 2.83. The minimum Gasteiger partial charge on any atom is -0.462 e. The van der Waals surface area contributed by atoms with Gasteiger partial charge in [-0.1, -0.05) is 30.4 Å². The van der Waals surface area contributed by atoms with Crippen LogP contribution in [0, 0.1) is 0 Å². The second kappa shape index (κ2) is 10.4. The molecule has 0 heterocycles. The van der Waals surface area contributed by atoms with Crippen molar-refractivity contribution in [3.63, 3.8) is 0 Å². The molecular formula is C17H22N2O4S. The van der Waals surface area contributed by atoms with E-state index >= 15 is 0 Å². The normalized spacial score (nSPS) is 10.7. The molecule has 0 radical (unpaired) electrons. The average molecular weight is 350 g/mol. The van der Waals surface area contributed by atoms with Crippen molar-refractivity contribution in [2.24, 2.45) is 0 Å². The number of nitrogens with one attached hydrogen (secondary N) is 1. The van der Waals surface area contributed by atoms with Crippen LogP contribution >= 0.6 is 12.2 Å². The highest BCUT2D eigenvalue weighted by Gasteiger charge is 2.20. The van der Waals surface area contributed by atoms with Crippen molar-refractivity contribution >= 4 is 29.3 Å². The van der Waals surface area contributed by atoms with Crippen molar-refractivity contribution in [2.45, 2.75) is 20.8 Å². The minimum atomic E-state index is -0.763. The first kappa shape index (κ1) is 19.6. The van der Waals surface area contributed by atoms with Crippen molar-refractivity contribution in [2.75, 3.05) is 19.7 Å². The third-order valence-electron chi connectivity index (χ3n) is 3.03. The standard InChI is InChI=1S/C17H22N2O4S/c1-4-19(5-2)12-14(16(20)22-6-3)15(24)18-17(21)23-13-10-8-7-9-11-13/h7-12H,4-6H2,1-3H3,(H,18,21,24)/b14-12+. The molecule has 6 nitrogen and oxygen atoms in total. The van der Waals surface area contributed by atoms with Gasteiger partial charge in [-0.25, -0.2) is 9.59 Å². The SMILES string of the molecule is CCOC(=O)/C(=C/N(CC)CC)C(=S)NC(=O)Oc1ccccc1. The molecule has 1 amide bonds. The fourth-order valence-corrected chi connectivity index (χ4v) is 2.00. The summed E-state index contributed by atoms with van der Waals surface area (Å²) in [5.41, 5.74) is 0.112. The Morgan fingerprint density at radius 3 is 2.33 bits per heavy atom. The number of ether oxygens (including phenoxy) is 2. The number of esters is 1. The first-order chi connectivity index (χ1) is 11.5. The van der Waals surface area contributed by atoms with Crippen molar-refractivity contribution < 1.29 is 19.1 Å². The molecule has 0 fully saturated rings. The quantitative estimate of drug-likeness (QED) is 0.463. The Kier molecular flexibility index (Phi) is 8.49. The lowest BCUT2D eigenvalue weighted by Crippen LogP contribution is -2.36. The van der Waals surface area contributed by atoms with Crippen LogP contribution in [-0.4, -0.2) is 41.6 Å². The van der Waals surface area contributed by atoms with E-state index in [1.165, 1.54) is 0 Å². The number of para-hydroxylation sites is 1. The summed E-state index contributed by atoms with van der Waals surface area (Å²) in [7, 11) is 0. The Bertz CT molecular complexity index is 598. The number of hydrogen-bond donors (Lipinski definition) is 1. The topological polar surface area (TPSA) is 67.9 Å². The van der Waals surface area contributed by atoms with E-state index in [-0.39, 0.29) is 17.2 Å². The number of benzene rings is 1. The highest BCUT2D eigenvalue weighted by Crippen LogP contribution is 2.09. The molecule has 1 aromatic rings. The molecule has 1 aromatic carbocycles. The van der Waals surface area contributed by atoms with Crippen LogP contribution in [0.3, 0.4) is 0 Å². The first-order valence-corrected chi connectivity index (χ1v) is 8.13. The van der Waals surface area contributed by atoms with Gasteiger partial charge in [0.15, 0.2) is 0 Å². The van der Waals surface area contributed by atoms with Crippen molar-refractivity contribution in [3.8, 4) is 5.75 Å². The smallest absolute Gasteiger partial charge is 0.417 e. The number of carbonyl (C=O) groups excluding carboxylic acids is 2. The van der Waals surface area contributed by atoms with E-state index in [0.717, 1.165) is 0 Å². The van der Waals surface area contributed by atoms with Gasteiger partial charge in [-0.15, -0.1) is 0 Å². The van der Waals surface area contributed by atoms with Crippen LogP contribution in [0.15, 0.2) is 42.1 Å². The fraction of sp³-hybridized carbons (Fsp3) is 0.353. The highest BCUT2D eigenvalue weighted by atomic mass is 32.1. The number of thiocarbonyl (C=S) groups is 1. The zero-order valence-electron chi connectivity index (χ0n) is 14.1. The third kappa shape index (κ3) is 6.37. The van der Waals surface area contributed by atoms with E-state index in [2.05, 4.69) is 5.32 Å². The number of carbonyl (C=O) groups is 2. The van der Waals surface area contributed by atoms with E-state index in [4.69, 9.17) is 21.7 Å². The van der Waals surface area contributed by atoms with Crippen LogP contribution in [0.1, 0.15) is 20.8 Å². The van der Waals surface area contributed by atoms with E-state index in [0.29, 0.717) is 18.8 Å². The molecule has 1 rings (SSSR count). The summed E-state index contributed by atoms with van der Waals surface area (Å²) in [6.07, 6.45) is 0.823. The second-order valence-corrected chi connectivity index (χ2v) is 5.05. The van der Waals surface area contributed by atoms with Crippen LogP contribution in [0.4, 0.5) is 4.79 Å². The summed E-state index contributed by atoms with van der Waals surface area (Å²) in [5.74, 6) is -0.211. The van der Waals surface area contributed by atoms with Crippen LogP contribution in [0.5, 0.6) is 5.75 Å². The van der Waals surface area contributed by atoms with Gasteiger partial charge in [0.1, 0.15) is 16.3 Å². The molecule has 0 saturated heterocycles. The molecule has 0 saturated carbocycles. The summed E-state index contributed by atoms with van der Waals surface area (Å²) in [6.45, 7) is 7.19. The van der Waals surface area contributed by atoms with Gasteiger partial charge in [0.25, 0.3) is 0 Å².